The van der Waals surface area contributed by atoms with Crippen LogP contribution in [0.1, 0.15) is 19.3 Å². The van der Waals surface area contributed by atoms with Crippen LogP contribution in [0.2, 0.25) is 0 Å². The Labute approximate surface area is 97.2 Å². The molecule has 1 aliphatic rings. The average molecular weight is 229 g/mol. The number of aliphatic hydroxyl groups is 1. The maximum atomic E-state index is 11.8. The van der Waals surface area contributed by atoms with Gasteiger partial charge >= 0.3 is 0 Å². The van der Waals surface area contributed by atoms with Crippen molar-refractivity contribution >= 4 is 5.91 Å². The van der Waals surface area contributed by atoms with Crippen molar-refractivity contribution < 1.29 is 9.90 Å². The van der Waals surface area contributed by atoms with Crippen molar-refractivity contribution in [3.8, 4) is 0 Å². The fourth-order valence-electron chi connectivity index (χ4n) is 1.84. The van der Waals surface area contributed by atoms with Gasteiger partial charge < -0.3 is 15.7 Å². The molecule has 1 rings (SSSR count). The number of piperidine rings is 1. The van der Waals surface area contributed by atoms with Crippen molar-refractivity contribution in [3.63, 3.8) is 0 Å². The van der Waals surface area contributed by atoms with E-state index >= 15 is 0 Å². The highest BCUT2D eigenvalue weighted by Gasteiger charge is 2.20. The number of aliphatic hydroxyl groups excluding tert-OH is 1. The first-order valence-electron chi connectivity index (χ1n) is 5.98. The van der Waals surface area contributed by atoms with E-state index in [2.05, 4.69) is 4.90 Å². The Morgan fingerprint density at radius 3 is 2.69 bits per heavy atom. The molecule has 0 saturated carbocycles. The smallest absolute Gasteiger partial charge is 0.236 e. The lowest BCUT2D eigenvalue weighted by molar-refractivity contribution is -0.131. The Kier molecular flexibility index (Phi) is 5.73. The van der Waals surface area contributed by atoms with E-state index in [4.69, 9.17) is 5.73 Å². The molecule has 0 bridgehead atoms. The maximum absolute atomic E-state index is 11.8. The molecule has 1 aliphatic heterocycles. The molecule has 0 atom stereocenters. The van der Waals surface area contributed by atoms with Gasteiger partial charge in [-0.25, -0.2) is 0 Å². The third-order valence-electron chi connectivity index (χ3n) is 3.04. The van der Waals surface area contributed by atoms with Crippen molar-refractivity contribution in [1.82, 2.24) is 9.80 Å². The number of carbonyl (C=O) groups excluding carboxylic acids is 1. The van der Waals surface area contributed by atoms with Gasteiger partial charge in [0.15, 0.2) is 0 Å². The molecule has 1 heterocycles. The number of hydrogen-bond donors (Lipinski definition) is 2. The van der Waals surface area contributed by atoms with Crippen molar-refractivity contribution in [1.29, 1.82) is 0 Å². The highest BCUT2D eigenvalue weighted by Crippen LogP contribution is 2.09. The summed E-state index contributed by atoms with van der Waals surface area (Å²) in [7, 11) is 1.82. The van der Waals surface area contributed by atoms with Crippen LogP contribution in [0, 0.1) is 0 Å². The SMILES string of the molecule is CN(CCCN)C(=O)CN1CCC(O)CC1. The van der Waals surface area contributed by atoms with Crippen LogP contribution in [0.3, 0.4) is 0 Å². The molecule has 3 N–H and O–H groups in total. The summed E-state index contributed by atoms with van der Waals surface area (Å²) in [5.74, 6) is 0.143. The lowest BCUT2D eigenvalue weighted by Crippen LogP contribution is -2.43. The fraction of sp³-hybridized carbons (Fsp3) is 0.909. The van der Waals surface area contributed by atoms with Gasteiger partial charge in [0.05, 0.1) is 12.6 Å². The quantitative estimate of drug-likeness (QED) is 0.651. The molecule has 94 valence electrons. The van der Waals surface area contributed by atoms with Crippen LogP contribution in [0.4, 0.5) is 0 Å². The Balaban J connectivity index is 2.22. The molecule has 0 aliphatic carbocycles. The third-order valence-corrected chi connectivity index (χ3v) is 3.04. The number of amides is 1. The number of likely N-dealkylation sites (N-methyl/N-ethyl adjacent to an activating group) is 1. The predicted octanol–water partition coefficient (Wildman–Crippen LogP) is -0.750. The molecule has 5 nitrogen and oxygen atoms in total. The highest BCUT2D eigenvalue weighted by molar-refractivity contribution is 5.77. The average Bonchev–Trinajstić information content (AvgIpc) is 2.29. The zero-order chi connectivity index (χ0) is 12.0. The first-order chi connectivity index (χ1) is 7.63. The second kappa shape index (κ2) is 6.83. The fourth-order valence-corrected chi connectivity index (χ4v) is 1.84. The topological polar surface area (TPSA) is 69.8 Å². The monoisotopic (exact) mass is 229 g/mol. The number of carbonyl (C=O) groups is 1. The van der Waals surface area contributed by atoms with E-state index in [1.54, 1.807) is 4.90 Å². The summed E-state index contributed by atoms with van der Waals surface area (Å²) in [6.45, 7) is 3.45. The molecule has 1 saturated heterocycles. The van der Waals surface area contributed by atoms with Crippen molar-refractivity contribution in [2.24, 2.45) is 5.73 Å². The lowest BCUT2D eigenvalue weighted by atomic mass is 10.1. The minimum absolute atomic E-state index is 0.143. The number of nitrogens with zero attached hydrogens (tertiary/aromatic N) is 2. The van der Waals surface area contributed by atoms with E-state index in [0.29, 0.717) is 13.1 Å². The van der Waals surface area contributed by atoms with Crippen molar-refractivity contribution in [3.05, 3.63) is 0 Å². The van der Waals surface area contributed by atoms with Crippen LogP contribution in [0.5, 0.6) is 0 Å². The van der Waals surface area contributed by atoms with Crippen LogP contribution in [-0.4, -0.2) is 66.7 Å². The van der Waals surface area contributed by atoms with Crippen LogP contribution < -0.4 is 5.73 Å². The summed E-state index contributed by atoms with van der Waals surface area (Å²) in [6.07, 6.45) is 2.22. The summed E-state index contributed by atoms with van der Waals surface area (Å²) < 4.78 is 0. The Bertz CT molecular complexity index is 215. The largest absolute Gasteiger partial charge is 0.393 e. The zero-order valence-corrected chi connectivity index (χ0v) is 10.1. The number of hydrogen-bond acceptors (Lipinski definition) is 4. The Morgan fingerprint density at radius 1 is 1.50 bits per heavy atom. The van der Waals surface area contributed by atoms with E-state index in [1.165, 1.54) is 0 Å². The van der Waals surface area contributed by atoms with Crippen LogP contribution in [0.15, 0.2) is 0 Å². The second-order valence-electron chi connectivity index (χ2n) is 4.46. The maximum Gasteiger partial charge on any atom is 0.236 e. The Morgan fingerprint density at radius 2 is 2.12 bits per heavy atom. The van der Waals surface area contributed by atoms with Crippen LogP contribution in [-0.2, 0) is 4.79 Å². The first kappa shape index (κ1) is 13.4. The van der Waals surface area contributed by atoms with E-state index < -0.39 is 0 Å². The molecule has 0 aromatic carbocycles. The second-order valence-corrected chi connectivity index (χ2v) is 4.46. The Hall–Kier alpha value is -0.650. The number of rotatable bonds is 5. The van der Waals surface area contributed by atoms with E-state index in [9.17, 15) is 9.90 Å². The molecule has 0 aromatic rings. The minimum atomic E-state index is -0.179. The summed E-state index contributed by atoms with van der Waals surface area (Å²) in [4.78, 5) is 15.6. The molecule has 0 radical (unpaired) electrons. The van der Waals surface area contributed by atoms with Crippen LogP contribution >= 0.6 is 0 Å². The molecular weight excluding hydrogens is 206 g/mol. The standard InChI is InChI=1S/C11H23N3O2/c1-13(6-2-5-12)11(16)9-14-7-3-10(15)4-8-14/h10,15H,2-9,12H2,1H3. The van der Waals surface area contributed by atoms with E-state index in [-0.39, 0.29) is 12.0 Å². The van der Waals surface area contributed by atoms with Gasteiger partial charge in [-0.1, -0.05) is 0 Å². The van der Waals surface area contributed by atoms with Crippen LogP contribution in [0.25, 0.3) is 0 Å². The molecule has 16 heavy (non-hydrogen) atoms. The summed E-state index contributed by atoms with van der Waals surface area (Å²) >= 11 is 0. The summed E-state index contributed by atoms with van der Waals surface area (Å²) in [5, 5.41) is 9.35. The van der Waals surface area contributed by atoms with Gasteiger partial charge in [0.25, 0.3) is 0 Å². The van der Waals surface area contributed by atoms with Gasteiger partial charge in [-0.2, -0.15) is 0 Å². The first-order valence-corrected chi connectivity index (χ1v) is 5.98. The highest BCUT2D eigenvalue weighted by atomic mass is 16.3. The van der Waals surface area contributed by atoms with Gasteiger partial charge in [0.2, 0.25) is 5.91 Å². The van der Waals surface area contributed by atoms with Gasteiger partial charge in [0.1, 0.15) is 0 Å². The summed E-state index contributed by atoms with van der Waals surface area (Å²) in [5.41, 5.74) is 5.40. The van der Waals surface area contributed by atoms with Gasteiger partial charge in [0, 0.05) is 26.7 Å². The zero-order valence-electron chi connectivity index (χ0n) is 10.1. The molecule has 1 amide bonds. The van der Waals surface area contributed by atoms with Crippen molar-refractivity contribution in [2.75, 3.05) is 39.8 Å². The van der Waals surface area contributed by atoms with Gasteiger partial charge in [-0.15, -0.1) is 0 Å². The predicted molar refractivity (Wildman–Crippen MR) is 63.0 cm³/mol. The lowest BCUT2D eigenvalue weighted by Gasteiger charge is -2.30. The molecule has 1 fully saturated rings. The van der Waals surface area contributed by atoms with Crippen molar-refractivity contribution in [2.45, 2.75) is 25.4 Å². The third kappa shape index (κ3) is 4.47. The normalized spacial score (nSPS) is 18.7. The van der Waals surface area contributed by atoms with Gasteiger partial charge in [-0.3, -0.25) is 9.69 Å². The molecule has 5 heteroatoms. The molecule has 0 spiro atoms. The summed E-state index contributed by atoms with van der Waals surface area (Å²) in [6, 6.07) is 0. The molecule has 0 aromatic heterocycles. The molecule has 0 unspecified atom stereocenters. The van der Waals surface area contributed by atoms with Gasteiger partial charge in [-0.05, 0) is 25.8 Å². The van der Waals surface area contributed by atoms with E-state index in [0.717, 1.165) is 38.9 Å². The molecular formula is C11H23N3O2. The number of likely N-dealkylation sites (tertiary alicyclic amines) is 1. The minimum Gasteiger partial charge on any atom is -0.393 e. The van der Waals surface area contributed by atoms with E-state index in [1.807, 2.05) is 7.05 Å². The number of nitrogens with two attached hydrogens (primary N) is 1.